The molecule has 1 rings (SSSR count). The highest BCUT2D eigenvalue weighted by Gasteiger charge is 2.26. The lowest BCUT2D eigenvalue weighted by molar-refractivity contribution is -0.119. The number of aromatic nitrogens is 2. The molecule has 0 spiro atoms. The van der Waals surface area contributed by atoms with Crippen molar-refractivity contribution < 1.29 is 4.79 Å². The third-order valence-electron chi connectivity index (χ3n) is 3.32. The molecule has 0 fully saturated rings. The SMILES string of the molecule is CNCC(C)C(=O)Nc1cc(C(C)(C)C)nn1C(C)(C)C. The maximum absolute atomic E-state index is 12.2. The zero-order chi connectivity index (χ0) is 16.4. The second kappa shape index (κ2) is 6.18. The van der Waals surface area contributed by atoms with Crippen molar-refractivity contribution in [3.8, 4) is 0 Å². The van der Waals surface area contributed by atoms with Crippen LogP contribution < -0.4 is 10.6 Å². The Bertz CT molecular complexity index is 491. The van der Waals surface area contributed by atoms with Gasteiger partial charge in [-0.05, 0) is 27.8 Å². The van der Waals surface area contributed by atoms with E-state index in [1.807, 2.05) is 24.7 Å². The van der Waals surface area contributed by atoms with E-state index in [1.54, 1.807) is 0 Å². The lowest BCUT2D eigenvalue weighted by Gasteiger charge is -2.23. The van der Waals surface area contributed by atoms with E-state index in [1.165, 1.54) is 0 Å². The number of anilines is 1. The molecular formula is C16H30N4O. The van der Waals surface area contributed by atoms with Gasteiger partial charge < -0.3 is 10.6 Å². The van der Waals surface area contributed by atoms with Gasteiger partial charge in [0.2, 0.25) is 5.91 Å². The Morgan fingerprint density at radius 3 is 2.29 bits per heavy atom. The molecule has 0 aliphatic heterocycles. The molecule has 0 saturated carbocycles. The van der Waals surface area contributed by atoms with Crippen molar-refractivity contribution in [2.24, 2.45) is 5.92 Å². The van der Waals surface area contributed by atoms with E-state index < -0.39 is 0 Å². The first kappa shape index (κ1) is 17.7. The zero-order valence-corrected chi connectivity index (χ0v) is 14.7. The molecule has 1 atom stereocenters. The van der Waals surface area contributed by atoms with E-state index in [2.05, 4.69) is 52.2 Å². The van der Waals surface area contributed by atoms with E-state index in [-0.39, 0.29) is 22.8 Å². The lowest BCUT2D eigenvalue weighted by Crippen LogP contribution is -2.32. The fourth-order valence-corrected chi connectivity index (χ4v) is 2.00. The van der Waals surface area contributed by atoms with E-state index in [9.17, 15) is 4.79 Å². The van der Waals surface area contributed by atoms with Gasteiger partial charge in [0.1, 0.15) is 5.82 Å². The molecule has 0 aliphatic rings. The number of rotatable bonds is 4. The predicted octanol–water partition coefficient (Wildman–Crippen LogP) is 2.73. The van der Waals surface area contributed by atoms with E-state index in [0.717, 1.165) is 11.5 Å². The molecule has 2 N–H and O–H groups in total. The summed E-state index contributed by atoms with van der Waals surface area (Å²) in [5.74, 6) is 0.687. The van der Waals surface area contributed by atoms with Crippen LogP contribution in [0.1, 0.15) is 54.2 Å². The number of hydrogen-bond donors (Lipinski definition) is 2. The fraction of sp³-hybridized carbons (Fsp3) is 0.750. The molecule has 21 heavy (non-hydrogen) atoms. The number of carbonyl (C=O) groups is 1. The van der Waals surface area contributed by atoms with Crippen molar-refractivity contribution in [2.75, 3.05) is 18.9 Å². The summed E-state index contributed by atoms with van der Waals surface area (Å²) in [5.41, 5.74) is 0.749. The molecule has 1 amide bonds. The van der Waals surface area contributed by atoms with Crippen LogP contribution >= 0.6 is 0 Å². The molecule has 1 unspecified atom stereocenters. The maximum Gasteiger partial charge on any atom is 0.229 e. The first-order chi connectivity index (χ1) is 9.46. The van der Waals surface area contributed by atoms with Gasteiger partial charge in [-0.3, -0.25) is 4.79 Å². The molecule has 1 aromatic rings. The Kier molecular flexibility index (Phi) is 5.20. The summed E-state index contributed by atoms with van der Waals surface area (Å²) >= 11 is 0. The summed E-state index contributed by atoms with van der Waals surface area (Å²) in [5, 5.41) is 10.7. The van der Waals surface area contributed by atoms with Crippen molar-refractivity contribution in [3.63, 3.8) is 0 Å². The van der Waals surface area contributed by atoms with Crippen molar-refractivity contribution >= 4 is 11.7 Å². The van der Waals surface area contributed by atoms with E-state index >= 15 is 0 Å². The quantitative estimate of drug-likeness (QED) is 0.897. The van der Waals surface area contributed by atoms with E-state index in [4.69, 9.17) is 5.10 Å². The predicted molar refractivity (Wildman–Crippen MR) is 87.6 cm³/mol. The molecule has 0 bridgehead atoms. The molecule has 120 valence electrons. The van der Waals surface area contributed by atoms with Gasteiger partial charge in [-0.15, -0.1) is 0 Å². The molecule has 0 aromatic carbocycles. The van der Waals surface area contributed by atoms with Gasteiger partial charge in [0, 0.05) is 23.9 Å². The maximum atomic E-state index is 12.2. The largest absolute Gasteiger partial charge is 0.319 e. The molecule has 0 aliphatic carbocycles. The van der Waals surface area contributed by atoms with Gasteiger partial charge in [0.25, 0.3) is 0 Å². The van der Waals surface area contributed by atoms with Crippen molar-refractivity contribution in [2.45, 2.75) is 59.4 Å². The van der Waals surface area contributed by atoms with E-state index in [0.29, 0.717) is 6.54 Å². The third kappa shape index (κ3) is 4.56. The molecule has 0 saturated heterocycles. The highest BCUT2D eigenvalue weighted by molar-refractivity contribution is 5.91. The summed E-state index contributed by atoms with van der Waals surface area (Å²) in [7, 11) is 1.85. The first-order valence-corrected chi connectivity index (χ1v) is 7.53. The topological polar surface area (TPSA) is 59.0 Å². The lowest BCUT2D eigenvalue weighted by atomic mass is 9.92. The fourth-order valence-electron chi connectivity index (χ4n) is 2.00. The molecule has 1 heterocycles. The Morgan fingerprint density at radius 2 is 1.86 bits per heavy atom. The first-order valence-electron chi connectivity index (χ1n) is 7.53. The van der Waals surface area contributed by atoms with Gasteiger partial charge in [-0.25, -0.2) is 4.68 Å². The molecular weight excluding hydrogens is 264 g/mol. The van der Waals surface area contributed by atoms with Crippen LogP contribution in [0.3, 0.4) is 0 Å². The van der Waals surface area contributed by atoms with Crippen LogP contribution in [-0.2, 0) is 15.7 Å². The average molecular weight is 294 g/mol. The minimum atomic E-state index is -0.182. The summed E-state index contributed by atoms with van der Waals surface area (Å²) < 4.78 is 1.90. The van der Waals surface area contributed by atoms with Crippen LogP contribution in [0.5, 0.6) is 0 Å². The molecule has 5 heteroatoms. The van der Waals surface area contributed by atoms with Gasteiger partial charge >= 0.3 is 0 Å². The summed E-state index contributed by atoms with van der Waals surface area (Å²) in [4.78, 5) is 12.2. The van der Waals surface area contributed by atoms with Crippen LogP contribution in [0.4, 0.5) is 5.82 Å². The number of nitrogens with zero attached hydrogens (tertiary/aromatic N) is 2. The van der Waals surface area contributed by atoms with Crippen molar-refractivity contribution in [1.29, 1.82) is 0 Å². The molecule has 0 radical (unpaired) electrons. The van der Waals surface area contributed by atoms with Gasteiger partial charge in [0.05, 0.1) is 11.2 Å². The third-order valence-corrected chi connectivity index (χ3v) is 3.32. The highest BCUT2D eigenvalue weighted by Crippen LogP contribution is 2.28. The van der Waals surface area contributed by atoms with Crippen LogP contribution in [0, 0.1) is 5.92 Å². The Morgan fingerprint density at radius 1 is 1.29 bits per heavy atom. The molecule has 5 nitrogen and oxygen atoms in total. The van der Waals surface area contributed by atoms with Crippen molar-refractivity contribution in [3.05, 3.63) is 11.8 Å². The van der Waals surface area contributed by atoms with Crippen LogP contribution in [-0.4, -0.2) is 29.3 Å². The second-order valence-corrected chi connectivity index (χ2v) is 7.70. The number of carbonyl (C=O) groups excluding carboxylic acids is 1. The minimum absolute atomic E-state index is 0.00945. The highest BCUT2D eigenvalue weighted by atomic mass is 16.2. The minimum Gasteiger partial charge on any atom is -0.319 e. The average Bonchev–Trinajstić information content (AvgIpc) is 2.72. The standard InChI is InChI=1S/C16H30N4O/c1-11(10-17-8)14(21)18-13-9-12(15(2,3)4)19-20(13)16(5,6)7/h9,11,17H,10H2,1-8H3,(H,18,21). The van der Waals surface area contributed by atoms with Gasteiger partial charge in [0.15, 0.2) is 0 Å². The second-order valence-electron chi connectivity index (χ2n) is 7.70. The van der Waals surface area contributed by atoms with Gasteiger partial charge in [-0.1, -0.05) is 27.7 Å². The zero-order valence-electron chi connectivity index (χ0n) is 14.7. The normalized spacial score (nSPS) is 14.1. The van der Waals surface area contributed by atoms with Gasteiger partial charge in [-0.2, -0.15) is 5.10 Å². The molecule has 1 aromatic heterocycles. The monoisotopic (exact) mass is 294 g/mol. The summed E-state index contributed by atoms with van der Waals surface area (Å²) in [6, 6.07) is 1.98. The summed E-state index contributed by atoms with van der Waals surface area (Å²) in [6.07, 6.45) is 0. The number of amides is 1. The Balaban J connectivity index is 3.11. The number of hydrogen-bond acceptors (Lipinski definition) is 3. The van der Waals surface area contributed by atoms with Crippen LogP contribution in [0.2, 0.25) is 0 Å². The van der Waals surface area contributed by atoms with Crippen LogP contribution in [0.15, 0.2) is 6.07 Å². The Labute approximate surface area is 128 Å². The summed E-state index contributed by atoms with van der Waals surface area (Å²) in [6.45, 7) is 15.2. The number of nitrogens with one attached hydrogen (secondary N) is 2. The van der Waals surface area contributed by atoms with Crippen molar-refractivity contribution in [1.82, 2.24) is 15.1 Å². The smallest absolute Gasteiger partial charge is 0.229 e. The van der Waals surface area contributed by atoms with Crippen LogP contribution in [0.25, 0.3) is 0 Å². The Hall–Kier alpha value is -1.36.